The Balaban J connectivity index is 0. The molecule has 0 aliphatic carbocycles. The van der Waals surface area contributed by atoms with Gasteiger partial charge in [-0.2, -0.15) is 0 Å². The van der Waals surface area contributed by atoms with Crippen LogP contribution in [0.3, 0.4) is 0 Å². The Bertz CT molecular complexity index is 134. The van der Waals surface area contributed by atoms with Gasteiger partial charge in [0, 0.05) is 5.92 Å². The minimum absolute atomic E-state index is 0. The molecular formula is C8H13O2Y+2. The predicted octanol–water partition coefficient (Wildman–Crippen LogP) is 1.34. The van der Waals surface area contributed by atoms with E-state index < -0.39 is 0 Å². The van der Waals surface area contributed by atoms with Gasteiger partial charge < -0.3 is 4.79 Å². The predicted molar refractivity (Wildman–Crippen MR) is 39.3 cm³/mol. The van der Waals surface area contributed by atoms with Crippen LogP contribution in [0, 0.1) is 11.8 Å². The minimum atomic E-state index is -0.112. The third-order valence-corrected chi connectivity index (χ3v) is 1.60. The van der Waals surface area contributed by atoms with Gasteiger partial charge in [-0.05, 0) is 6.92 Å². The monoisotopic (exact) mass is 230 g/mol. The van der Waals surface area contributed by atoms with Gasteiger partial charge in [0.2, 0.25) is 0 Å². The molecule has 11 heavy (non-hydrogen) atoms. The maximum absolute atomic E-state index is 10.7. The number of carbonyl (C=O) groups is 1. The zero-order valence-corrected chi connectivity index (χ0v) is 10.1. The molecule has 2 unspecified atom stereocenters. The van der Waals surface area contributed by atoms with Crippen LogP contribution in [0.5, 0.6) is 0 Å². The van der Waals surface area contributed by atoms with E-state index in [0.717, 1.165) is 0 Å². The molecular weight excluding hydrogens is 217 g/mol. The van der Waals surface area contributed by atoms with E-state index in [1.54, 1.807) is 13.8 Å². The van der Waals surface area contributed by atoms with Crippen molar-refractivity contribution in [1.82, 2.24) is 0 Å². The molecule has 0 heterocycles. The summed E-state index contributed by atoms with van der Waals surface area (Å²) in [6.07, 6.45) is 2.47. The normalized spacial score (nSPS) is 14.5. The van der Waals surface area contributed by atoms with E-state index >= 15 is 0 Å². The summed E-state index contributed by atoms with van der Waals surface area (Å²) in [5, 5.41) is 0. The fraction of sp³-hybridized carbons (Fsp3) is 0.750. The van der Waals surface area contributed by atoms with Crippen LogP contribution in [0.2, 0.25) is 0 Å². The van der Waals surface area contributed by atoms with Gasteiger partial charge in [0.1, 0.15) is 5.78 Å². The van der Waals surface area contributed by atoms with Crippen molar-refractivity contribution in [2.24, 2.45) is 11.8 Å². The summed E-state index contributed by atoms with van der Waals surface area (Å²) >= 11 is 0. The van der Waals surface area contributed by atoms with E-state index in [1.807, 2.05) is 13.2 Å². The van der Waals surface area contributed by atoms with Crippen molar-refractivity contribution in [1.29, 1.82) is 0 Å². The number of ketones is 1. The second-order valence-corrected chi connectivity index (χ2v) is 2.77. The fourth-order valence-corrected chi connectivity index (χ4v) is 0.744. The molecule has 0 aliphatic heterocycles. The van der Waals surface area contributed by atoms with Crippen LogP contribution < -0.4 is 0 Å². The van der Waals surface area contributed by atoms with Crippen LogP contribution in [0.15, 0.2) is 0 Å². The molecule has 3 heteroatoms. The topological polar surface area (TPSA) is 34.1 Å². The van der Waals surface area contributed by atoms with Crippen molar-refractivity contribution < 1.29 is 42.3 Å². The number of hydrogen-bond donors (Lipinski definition) is 0. The summed E-state index contributed by atoms with van der Waals surface area (Å²) in [5.74, 6) is 0.0254. The number of hydrogen-bond acceptors (Lipinski definition) is 2. The Morgan fingerprint density at radius 1 is 1.45 bits per heavy atom. The summed E-state index contributed by atoms with van der Waals surface area (Å²) < 4.78 is 0. The van der Waals surface area contributed by atoms with E-state index in [4.69, 9.17) is 0 Å². The molecule has 0 fully saturated rings. The minimum Gasteiger partial charge on any atom is -0.542 e. The number of rotatable bonds is 4. The molecule has 2 nitrogen and oxygen atoms in total. The van der Waals surface area contributed by atoms with Gasteiger partial charge in [-0.25, -0.2) is 0 Å². The Kier molecular flexibility index (Phi) is 9.05. The summed E-state index contributed by atoms with van der Waals surface area (Å²) in [6, 6.07) is 0. The molecule has 0 aromatic carbocycles. The van der Waals surface area contributed by atoms with Gasteiger partial charge >= 0.3 is 32.7 Å². The largest absolute Gasteiger partial charge is 3.00 e. The van der Waals surface area contributed by atoms with Gasteiger partial charge in [-0.1, -0.05) is 20.3 Å². The molecule has 2 atom stereocenters. The van der Waals surface area contributed by atoms with Crippen LogP contribution in [0.4, 0.5) is 0 Å². The zero-order chi connectivity index (χ0) is 8.15. The van der Waals surface area contributed by atoms with Gasteiger partial charge in [0.15, 0.2) is 0 Å². The molecule has 0 N–H and O–H groups in total. The third kappa shape index (κ3) is 6.83. The Hall–Kier alpha value is 0.444. The first-order chi connectivity index (χ1) is 4.57. The molecule has 0 rings (SSSR count). The van der Waals surface area contributed by atoms with Gasteiger partial charge in [0.25, 0.3) is 0 Å². The first-order valence-corrected chi connectivity index (χ1v) is 3.46. The standard InChI is InChI=1S/C8H13O2.Y/c1-6(5-9)4-7(2)8(3)10;/h6-7H,4H2,1-3H3;/q-1;+3. The van der Waals surface area contributed by atoms with Crippen molar-refractivity contribution in [2.75, 3.05) is 0 Å². The molecule has 0 spiro atoms. The first kappa shape index (κ1) is 14.0. The van der Waals surface area contributed by atoms with E-state index in [0.29, 0.717) is 6.42 Å². The average Bonchev–Trinajstić information content (AvgIpc) is 1.87. The van der Waals surface area contributed by atoms with Crippen molar-refractivity contribution in [3.8, 4) is 0 Å². The summed E-state index contributed by atoms with van der Waals surface area (Å²) in [4.78, 5) is 20.7. The van der Waals surface area contributed by atoms with E-state index in [1.165, 1.54) is 0 Å². The molecule has 0 saturated heterocycles. The third-order valence-electron chi connectivity index (χ3n) is 1.60. The zero-order valence-electron chi connectivity index (χ0n) is 7.26. The van der Waals surface area contributed by atoms with E-state index in [2.05, 4.69) is 0 Å². The van der Waals surface area contributed by atoms with Gasteiger partial charge in [-0.3, -0.25) is 11.1 Å². The van der Waals surface area contributed by atoms with Crippen LogP contribution in [-0.4, -0.2) is 12.1 Å². The van der Waals surface area contributed by atoms with Crippen molar-refractivity contribution >= 4 is 12.1 Å². The Morgan fingerprint density at radius 3 is 2.18 bits per heavy atom. The fourth-order valence-electron chi connectivity index (χ4n) is 0.744. The molecule has 58 valence electrons. The number of carbonyl (C=O) groups excluding carboxylic acids is 2. The van der Waals surface area contributed by atoms with Crippen molar-refractivity contribution in [3.05, 3.63) is 0 Å². The molecule has 0 saturated carbocycles. The SMILES string of the molecule is CC(=O)C(C)CC(C)[C-]=O.[Y+3]. The van der Waals surface area contributed by atoms with Gasteiger partial charge in [-0.15, -0.1) is 5.92 Å². The molecule has 0 aliphatic rings. The van der Waals surface area contributed by atoms with Crippen LogP contribution >= 0.6 is 0 Å². The first-order valence-electron chi connectivity index (χ1n) is 3.46. The summed E-state index contributed by atoms with van der Waals surface area (Å²) in [5.41, 5.74) is 0. The molecule has 0 amide bonds. The van der Waals surface area contributed by atoms with E-state index in [-0.39, 0.29) is 50.3 Å². The van der Waals surface area contributed by atoms with Crippen molar-refractivity contribution in [2.45, 2.75) is 27.2 Å². The second-order valence-electron chi connectivity index (χ2n) is 2.77. The summed E-state index contributed by atoms with van der Waals surface area (Å²) in [6.45, 7) is 5.14. The average molecular weight is 230 g/mol. The van der Waals surface area contributed by atoms with E-state index in [9.17, 15) is 9.59 Å². The molecule has 0 radical (unpaired) electrons. The maximum Gasteiger partial charge on any atom is 3.00 e. The second kappa shape index (κ2) is 7.11. The van der Waals surface area contributed by atoms with Crippen LogP contribution in [0.25, 0.3) is 0 Å². The summed E-state index contributed by atoms with van der Waals surface area (Å²) in [7, 11) is 0. The molecule has 0 bridgehead atoms. The van der Waals surface area contributed by atoms with Crippen molar-refractivity contribution in [3.63, 3.8) is 0 Å². The van der Waals surface area contributed by atoms with Crippen LogP contribution in [0.1, 0.15) is 27.2 Å². The Morgan fingerprint density at radius 2 is 1.91 bits per heavy atom. The smallest absolute Gasteiger partial charge is 0.542 e. The quantitative estimate of drug-likeness (QED) is 0.683. The maximum atomic E-state index is 10.7. The molecule has 0 aromatic heterocycles. The Labute approximate surface area is 93.0 Å². The van der Waals surface area contributed by atoms with Gasteiger partial charge in [0.05, 0.1) is 0 Å². The van der Waals surface area contributed by atoms with Crippen LogP contribution in [-0.2, 0) is 42.3 Å². The number of Topliss-reactive ketones (excluding diaryl/α,β-unsaturated/α-hetero) is 1. The molecule has 0 aromatic rings.